The third-order valence-corrected chi connectivity index (χ3v) is 4.69. The van der Waals surface area contributed by atoms with Crippen LogP contribution in [0.5, 0.6) is 0 Å². The van der Waals surface area contributed by atoms with Crippen LogP contribution in [0.15, 0.2) is 28.1 Å². The van der Waals surface area contributed by atoms with Gasteiger partial charge in [0.15, 0.2) is 11.5 Å². The Morgan fingerprint density at radius 2 is 2.24 bits per heavy atom. The van der Waals surface area contributed by atoms with Gasteiger partial charge < -0.3 is 4.52 Å². The summed E-state index contributed by atoms with van der Waals surface area (Å²) in [5, 5.41) is 17.7. The van der Waals surface area contributed by atoms with Crippen LogP contribution in [0.4, 0.5) is 5.13 Å². The number of carbonyl (C=O) groups excluding carboxylic acids is 1. The molecule has 0 saturated heterocycles. The summed E-state index contributed by atoms with van der Waals surface area (Å²) in [7, 11) is 0. The Balaban J connectivity index is 1.73. The predicted molar refractivity (Wildman–Crippen MR) is 81.8 cm³/mol. The van der Waals surface area contributed by atoms with E-state index in [1.807, 2.05) is 31.4 Å². The summed E-state index contributed by atoms with van der Waals surface area (Å²) in [5.74, 6) is 0.508. The Labute approximate surface area is 128 Å². The fraction of sp³-hybridized carbons (Fsp3) is 0.231. The third-order valence-electron chi connectivity index (χ3n) is 2.66. The summed E-state index contributed by atoms with van der Waals surface area (Å²) >= 11 is 2.88. The molecule has 0 unspecified atom stereocenters. The highest BCUT2D eigenvalue weighted by Crippen LogP contribution is 2.26. The van der Waals surface area contributed by atoms with Crippen molar-refractivity contribution in [3.05, 3.63) is 34.3 Å². The maximum Gasteiger partial charge on any atom is 0.279 e. The summed E-state index contributed by atoms with van der Waals surface area (Å²) < 4.78 is 5.18. The molecule has 0 radical (unpaired) electrons. The molecule has 8 heteroatoms. The van der Waals surface area contributed by atoms with E-state index in [4.69, 9.17) is 4.52 Å². The quantitative estimate of drug-likeness (QED) is 0.794. The fourth-order valence-corrected chi connectivity index (χ4v) is 3.01. The van der Waals surface area contributed by atoms with Crippen molar-refractivity contribution in [2.45, 2.75) is 19.8 Å². The van der Waals surface area contributed by atoms with E-state index in [-0.39, 0.29) is 17.5 Å². The number of aromatic nitrogens is 3. The molecule has 1 amide bonds. The van der Waals surface area contributed by atoms with Crippen LogP contribution in [-0.4, -0.2) is 21.3 Å². The van der Waals surface area contributed by atoms with Crippen LogP contribution in [0.25, 0.3) is 10.6 Å². The molecule has 0 saturated carbocycles. The summed E-state index contributed by atoms with van der Waals surface area (Å²) in [6, 6.07) is 5.44. The van der Waals surface area contributed by atoms with E-state index in [1.165, 1.54) is 22.7 Å². The Kier molecular flexibility index (Phi) is 3.80. The zero-order chi connectivity index (χ0) is 14.8. The van der Waals surface area contributed by atoms with Crippen LogP contribution in [0.3, 0.4) is 0 Å². The van der Waals surface area contributed by atoms with Crippen molar-refractivity contribution in [2.75, 3.05) is 5.32 Å². The second kappa shape index (κ2) is 5.74. The first-order valence-electron chi connectivity index (χ1n) is 6.29. The van der Waals surface area contributed by atoms with E-state index in [9.17, 15) is 4.79 Å². The maximum absolute atomic E-state index is 12.1. The minimum Gasteiger partial charge on any atom is -0.355 e. The molecule has 0 bridgehead atoms. The molecule has 0 aromatic carbocycles. The molecule has 3 heterocycles. The van der Waals surface area contributed by atoms with Gasteiger partial charge in [0.1, 0.15) is 5.01 Å². The van der Waals surface area contributed by atoms with E-state index < -0.39 is 0 Å². The standard InChI is InChI=1S/C13H12N4O2S2/c1-7(2)12-15-16-13(21-12)14-11(18)8-6-9(19-17-8)10-4-3-5-20-10/h3-7H,1-2H3,(H,14,16,18). The van der Waals surface area contributed by atoms with Crippen molar-refractivity contribution in [3.8, 4) is 10.6 Å². The molecule has 1 N–H and O–H groups in total. The molecule has 0 spiro atoms. The number of hydrogen-bond acceptors (Lipinski definition) is 7. The van der Waals surface area contributed by atoms with Crippen molar-refractivity contribution >= 4 is 33.7 Å². The lowest BCUT2D eigenvalue weighted by Crippen LogP contribution is -2.11. The number of thiophene rings is 1. The molecule has 0 aliphatic heterocycles. The first kappa shape index (κ1) is 13.9. The largest absolute Gasteiger partial charge is 0.355 e. The molecule has 3 rings (SSSR count). The molecule has 3 aromatic heterocycles. The average Bonchev–Trinajstić information content (AvgIpc) is 3.19. The second-order valence-corrected chi connectivity index (χ2v) is 6.56. The average molecular weight is 320 g/mol. The zero-order valence-electron chi connectivity index (χ0n) is 11.4. The smallest absolute Gasteiger partial charge is 0.279 e. The highest BCUT2D eigenvalue weighted by molar-refractivity contribution is 7.15. The van der Waals surface area contributed by atoms with Gasteiger partial charge in [-0.25, -0.2) is 0 Å². The van der Waals surface area contributed by atoms with Crippen LogP contribution in [-0.2, 0) is 0 Å². The molecule has 0 atom stereocenters. The topological polar surface area (TPSA) is 80.9 Å². The van der Waals surface area contributed by atoms with Gasteiger partial charge in [0, 0.05) is 12.0 Å². The van der Waals surface area contributed by atoms with Crippen LogP contribution in [0.2, 0.25) is 0 Å². The van der Waals surface area contributed by atoms with Crippen molar-refractivity contribution < 1.29 is 9.32 Å². The van der Waals surface area contributed by atoms with Gasteiger partial charge in [0.2, 0.25) is 5.13 Å². The highest BCUT2D eigenvalue weighted by atomic mass is 32.1. The summed E-state index contributed by atoms with van der Waals surface area (Å²) in [4.78, 5) is 13.0. The monoisotopic (exact) mass is 320 g/mol. The van der Waals surface area contributed by atoms with Crippen LogP contribution in [0.1, 0.15) is 35.3 Å². The normalized spacial score (nSPS) is 11.0. The first-order chi connectivity index (χ1) is 10.1. The Morgan fingerprint density at radius 3 is 2.90 bits per heavy atom. The molecule has 3 aromatic rings. The summed E-state index contributed by atoms with van der Waals surface area (Å²) in [6.07, 6.45) is 0. The number of anilines is 1. The number of carbonyl (C=O) groups is 1. The van der Waals surface area contributed by atoms with E-state index in [0.29, 0.717) is 10.9 Å². The van der Waals surface area contributed by atoms with Gasteiger partial charge in [0.25, 0.3) is 5.91 Å². The minimum atomic E-state index is -0.354. The van der Waals surface area contributed by atoms with Gasteiger partial charge in [-0.2, -0.15) is 0 Å². The molecule has 0 aliphatic carbocycles. The van der Waals surface area contributed by atoms with Crippen molar-refractivity contribution in [1.82, 2.24) is 15.4 Å². The lowest BCUT2D eigenvalue weighted by Gasteiger charge is -1.96. The molecule has 21 heavy (non-hydrogen) atoms. The molecule has 6 nitrogen and oxygen atoms in total. The van der Waals surface area contributed by atoms with Crippen molar-refractivity contribution in [3.63, 3.8) is 0 Å². The van der Waals surface area contributed by atoms with Crippen LogP contribution < -0.4 is 5.32 Å². The lowest BCUT2D eigenvalue weighted by atomic mass is 10.2. The maximum atomic E-state index is 12.1. The number of amides is 1. The second-order valence-electron chi connectivity index (χ2n) is 4.61. The van der Waals surface area contributed by atoms with Gasteiger partial charge >= 0.3 is 0 Å². The van der Waals surface area contributed by atoms with E-state index in [1.54, 1.807) is 6.07 Å². The van der Waals surface area contributed by atoms with Crippen molar-refractivity contribution in [2.24, 2.45) is 0 Å². The molecule has 0 aliphatic rings. The molecule has 108 valence electrons. The molecular weight excluding hydrogens is 308 g/mol. The number of nitrogens with one attached hydrogen (secondary N) is 1. The number of nitrogens with zero attached hydrogens (tertiary/aromatic N) is 3. The molecule has 0 fully saturated rings. The van der Waals surface area contributed by atoms with Gasteiger partial charge in [-0.05, 0) is 11.4 Å². The third kappa shape index (κ3) is 3.01. The van der Waals surface area contributed by atoms with Crippen LogP contribution in [0, 0.1) is 0 Å². The Morgan fingerprint density at radius 1 is 1.38 bits per heavy atom. The first-order valence-corrected chi connectivity index (χ1v) is 7.98. The summed E-state index contributed by atoms with van der Waals surface area (Å²) in [6.45, 7) is 4.05. The molecular formula is C13H12N4O2S2. The minimum absolute atomic E-state index is 0.222. The van der Waals surface area contributed by atoms with Crippen molar-refractivity contribution in [1.29, 1.82) is 0 Å². The predicted octanol–water partition coefficient (Wildman–Crippen LogP) is 3.63. The number of hydrogen-bond donors (Lipinski definition) is 1. The highest BCUT2D eigenvalue weighted by Gasteiger charge is 2.16. The fourth-order valence-electron chi connectivity index (χ4n) is 1.60. The number of rotatable bonds is 4. The van der Waals surface area contributed by atoms with Gasteiger partial charge in [-0.3, -0.25) is 10.1 Å². The lowest BCUT2D eigenvalue weighted by molar-refractivity contribution is 0.101. The Hall–Kier alpha value is -2.06. The van der Waals surface area contributed by atoms with Gasteiger partial charge in [0.05, 0.1) is 4.88 Å². The van der Waals surface area contributed by atoms with Gasteiger partial charge in [-0.15, -0.1) is 21.5 Å². The van der Waals surface area contributed by atoms with E-state index in [0.717, 1.165) is 9.88 Å². The summed E-state index contributed by atoms with van der Waals surface area (Å²) in [5.41, 5.74) is 0.222. The van der Waals surface area contributed by atoms with Gasteiger partial charge in [-0.1, -0.05) is 36.4 Å². The van der Waals surface area contributed by atoms with E-state index >= 15 is 0 Å². The zero-order valence-corrected chi connectivity index (χ0v) is 13.0. The van der Waals surface area contributed by atoms with Crippen LogP contribution >= 0.6 is 22.7 Å². The Bertz CT molecular complexity index is 746. The SMILES string of the molecule is CC(C)c1nnc(NC(=O)c2cc(-c3cccs3)on2)s1. The van der Waals surface area contributed by atoms with E-state index in [2.05, 4.69) is 20.7 Å².